The molecule has 0 aromatic heterocycles. The fraction of sp³-hybridized carbons (Fsp3) is 0. The van der Waals surface area contributed by atoms with Crippen molar-refractivity contribution in [3.63, 3.8) is 0 Å². The van der Waals surface area contributed by atoms with E-state index in [1.807, 2.05) is 0 Å². The average Bonchev–Trinajstić information content (AvgIpc) is 0. The Morgan fingerprint density at radius 2 is 0.750 bits per heavy atom. The van der Waals surface area contributed by atoms with Gasteiger partial charge in [0.1, 0.15) is 0 Å². The molecule has 0 heterocycles. The van der Waals surface area contributed by atoms with Gasteiger partial charge in [-0.2, -0.15) is 0 Å². The maximum absolute atomic E-state index is 0. The van der Waals surface area contributed by atoms with Crippen molar-refractivity contribution >= 4 is 24.0 Å². The molecule has 24 valence electrons. The number of rotatable bonds is 0. The molecule has 0 fully saturated rings. The largest absolute Gasteiger partial charge is 1.00 e. The quantitative estimate of drug-likeness (QED) is 0.290. The zero-order valence-electron chi connectivity index (χ0n) is 2.16. The van der Waals surface area contributed by atoms with Gasteiger partial charge in [-0.15, -0.1) is 24.0 Å². The van der Waals surface area contributed by atoms with Crippen LogP contribution in [0, 0.1) is 0 Å². The zero-order valence-corrected chi connectivity index (χ0v) is 9.13. The molecule has 4 heteroatoms. The minimum absolute atomic E-state index is 0. The first-order chi connectivity index (χ1) is 0. The molecule has 0 aliphatic heterocycles. The average molecular weight is 238 g/mol. The third kappa shape index (κ3) is 8.87. The van der Waals surface area contributed by atoms with Crippen molar-refractivity contribution in [3.8, 4) is 0 Å². The van der Waals surface area contributed by atoms with Crippen LogP contribution in [0.2, 0.25) is 0 Å². The predicted octanol–water partition coefficient (Wildman–Crippen LogP) is -8.37. The van der Waals surface area contributed by atoms with E-state index in [1.54, 1.807) is 0 Å². The maximum atomic E-state index is 0. The van der Waals surface area contributed by atoms with Gasteiger partial charge in [-0.3, -0.25) is 0 Å². The second-order valence-corrected chi connectivity index (χ2v) is 0. The van der Waals surface area contributed by atoms with Gasteiger partial charge in [-0.25, -0.2) is 0 Å². The van der Waals surface area contributed by atoms with E-state index < -0.39 is 0 Å². The second-order valence-electron chi connectivity index (χ2n) is 0. The van der Waals surface area contributed by atoms with Crippen LogP contribution in [0.15, 0.2) is 0 Å². The minimum atomic E-state index is 0. The second kappa shape index (κ2) is 16.8. The van der Waals surface area contributed by atoms with E-state index >= 15 is 0 Å². The summed E-state index contributed by atoms with van der Waals surface area (Å²) in [5, 5.41) is 0. The predicted molar refractivity (Wildman–Crippen MR) is 15.4 cm³/mol. The molecular weight excluding hydrogens is 237 g/mol. The summed E-state index contributed by atoms with van der Waals surface area (Å²) in [6.07, 6.45) is 0. The van der Waals surface area contributed by atoms with Crippen LogP contribution in [-0.2, 0) is 0 Å². The number of hydrogen-bond acceptors (Lipinski definition) is 0. The molecule has 0 aliphatic rings. The van der Waals surface area contributed by atoms with E-state index in [2.05, 4.69) is 0 Å². The third-order valence-corrected chi connectivity index (χ3v) is 0. The smallest absolute Gasteiger partial charge is 1.00 e. The normalized spacial score (nSPS) is 0. The van der Waals surface area contributed by atoms with E-state index in [0.717, 1.165) is 0 Å². The molecule has 0 unspecified atom stereocenters. The molecule has 0 atom stereocenters. The van der Waals surface area contributed by atoms with Crippen molar-refractivity contribution in [3.05, 3.63) is 0 Å². The Labute approximate surface area is 97.7 Å². The van der Waals surface area contributed by atoms with Crippen molar-refractivity contribution in [2.45, 2.75) is 0 Å². The van der Waals surface area contributed by atoms with Crippen LogP contribution in [0.4, 0.5) is 0 Å². The molecule has 0 bridgehead atoms. The Kier molecular flexibility index (Phi) is 119. The molecule has 0 N–H and O–H groups in total. The van der Waals surface area contributed by atoms with Gasteiger partial charge in [0.15, 0.2) is 0 Å². The monoisotopic (exact) mass is 237 g/mol. The van der Waals surface area contributed by atoms with Crippen LogP contribution >= 0.6 is 24.0 Å². The number of halogens is 3. The molecule has 0 amide bonds. The van der Waals surface area contributed by atoms with Crippen molar-refractivity contribution in [1.29, 1.82) is 0 Å². The Morgan fingerprint density at radius 3 is 0.750 bits per heavy atom. The maximum Gasteiger partial charge on any atom is 1.00 e. The van der Waals surface area contributed by atoms with E-state index in [9.17, 15) is 0 Å². The molecule has 0 rings (SSSR count). The molecular formula is HCl2IK-. The Bertz CT molecular complexity index is 6.00. The van der Waals surface area contributed by atoms with Crippen LogP contribution in [0.25, 0.3) is 0 Å². The summed E-state index contributed by atoms with van der Waals surface area (Å²) in [7, 11) is 0. The van der Waals surface area contributed by atoms with Crippen molar-refractivity contribution in [1.82, 2.24) is 0 Å². The zero-order chi connectivity index (χ0) is 0. The van der Waals surface area contributed by atoms with Gasteiger partial charge < -0.3 is 24.8 Å². The van der Waals surface area contributed by atoms with Gasteiger partial charge in [0.25, 0.3) is 0 Å². The summed E-state index contributed by atoms with van der Waals surface area (Å²) >= 11 is 0. The van der Waals surface area contributed by atoms with Crippen molar-refractivity contribution in [2.75, 3.05) is 0 Å². The van der Waals surface area contributed by atoms with E-state index in [-0.39, 0.29) is 100 Å². The Morgan fingerprint density at radius 1 is 0.750 bits per heavy atom. The van der Waals surface area contributed by atoms with Crippen LogP contribution in [0.3, 0.4) is 0 Å². The van der Waals surface area contributed by atoms with Crippen molar-refractivity contribution in [2.24, 2.45) is 0 Å². The first-order valence-electron chi connectivity index (χ1n) is 0. The molecule has 0 aromatic rings. The Hall–Kier alpha value is 2.95. The van der Waals surface area contributed by atoms with E-state index in [1.165, 1.54) is 0 Å². The van der Waals surface area contributed by atoms with Crippen LogP contribution in [-0.4, -0.2) is 0 Å². The summed E-state index contributed by atoms with van der Waals surface area (Å²) < 4.78 is 0. The Balaban J connectivity index is 0. The van der Waals surface area contributed by atoms with Crippen LogP contribution < -0.4 is 76.2 Å². The topological polar surface area (TPSA) is 0 Å². The van der Waals surface area contributed by atoms with Crippen LogP contribution in [0.5, 0.6) is 0 Å². The number of hydrogen-bond donors (Lipinski definition) is 0. The fourth-order valence-electron chi connectivity index (χ4n) is 0. The van der Waals surface area contributed by atoms with Gasteiger partial charge in [0.05, 0.1) is 0 Å². The standard InChI is InChI=1S/2ClH.HI.K/h3*1H;/q;;;+1/p-2. The van der Waals surface area contributed by atoms with Gasteiger partial charge in [0, 0.05) is 0 Å². The minimum Gasteiger partial charge on any atom is -1.00 e. The van der Waals surface area contributed by atoms with Gasteiger partial charge in [-0.1, -0.05) is 0 Å². The fourth-order valence-corrected chi connectivity index (χ4v) is 0. The molecule has 4 heavy (non-hydrogen) atoms. The molecule has 0 saturated carbocycles. The van der Waals surface area contributed by atoms with Crippen molar-refractivity contribution < 1.29 is 76.2 Å². The first kappa shape index (κ1) is 28.3. The molecule has 0 nitrogen and oxygen atoms in total. The summed E-state index contributed by atoms with van der Waals surface area (Å²) in [4.78, 5) is 0. The molecule has 0 aliphatic carbocycles. The SMILES string of the molecule is I.[Cl-].[Cl-].[K+]. The summed E-state index contributed by atoms with van der Waals surface area (Å²) in [5.74, 6) is 0. The van der Waals surface area contributed by atoms with E-state index in [4.69, 9.17) is 0 Å². The summed E-state index contributed by atoms with van der Waals surface area (Å²) in [6, 6.07) is 0. The molecule has 0 saturated heterocycles. The van der Waals surface area contributed by atoms with Gasteiger partial charge in [-0.05, 0) is 0 Å². The summed E-state index contributed by atoms with van der Waals surface area (Å²) in [6.45, 7) is 0. The first-order valence-corrected chi connectivity index (χ1v) is 0. The molecule has 0 radical (unpaired) electrons. The molecule has 0 aromatic carbocycles. The van der Waals surface area contributed by atoms with E-state index in [0.29, 0.717) is 0 Å². The molecule has 0 spiro atoms. The van der Waals surface area contributed by atoms with Crippen LogP contribution in [0.1, 0.15) is 0 Å². The summed E-state index contributed by atoms with van der Waals surface area (Å²) in [5.41, 5.74) is 0. The van der Waals surface area contributed by atoms with Gasteiger partial charge >= 0.3 is 51.4 Å². The van der Waals surface area contributed by atoms with Gasteiger partial charge in [0.2, 0.25) is 0 Å². The third-order valence-electron chi connectivity index (χ3n) is 0.